The van der Waals surface area contributed by atoms with Crippen LogP contribution >= 0.6 is 8.58 Å². The van der Waals surface area contributed by atoms with Crippen molar-refractivity contribution in [2.45, 2.75) is 127 Å². The van der Waals surface area contributed by atoms with Crippen LogP contribution in [-0.4, -0.2) is 31.7 Å². The predicted molar refractivity (Wildman–Crippen MR) is 126 cm³/mol. The average molecular weight is 474 g/mol. The Morgan fingerprint density at radius 1 is 0.440 bits per heavy atom. The molecule has 0 amide bonds. The van der Waals surface area contributed by atoms with Gasteiger partial charge in [0.2, 0.25) is 0 Å². The Hall–Kier alpha value is 1.30. The van der Waals surface area contributed by atoms with Gasteiger partial charge in [-0.15, -0.1) is 8.58 Å². The van der Waals surface area contributed by atoms with Crippen molar-refractivity contribution in [1.82, 2.24) is 0 Å². The van der Waals surface area contributed by atoms with Crippen molar-refractivity contribution in [2.75, 3.05) is 0 Å². The second-order valence-corrected chi connectivity index (χ2v) is 25.5. The Morgan fingerprint density at radius 3 is 0.720 bits per heavy atom. The van der Waals surface area contributed by atoms with Crippen LogP contribution in [0.15, 0.2) is 0 Å². The molecule has 0 atom stereocenters. The molecule has 0 fully saturated rings. The molecule has 0 nitrogen and oxygen atoms in total. The topological polar surface area (TPSA) is 0 Å². The number of hydrogen-bond acceptors (Lipinski definition) is 0. The van der Waals surface area contributed by atoms with Crippen molar-refractivity contribution in [3.8, 4) is 0 Å². The molecule has 0 aliphatic rings. The molecule has 0 radical (unpaired) electrons. The van der Waals surface area contributed by atoms with Crippen molar-refractivity contribution in [3.05, 3.63) is 0 Å². The van der Waals surface area contributed by atoms with Crippen LogP contribution in [0, 0.1) is 16.2 Å². The van der Waals surface area contributed by atoms with E-state index in [1.54, 1.807) is 12.5 Å². The third kappa shape index (κ3) is 27.6. The second-order valence-electron chi connectivity index (χ2n) is 13.8. The summed E-state index contributed by atoms with van der Waals surface area (Å²) in [6.07, 6.45) is 0. The molecule has 0 saturated heterocycles. The summed E-state index contributed by atoms with van der Waals surface area (Å²) >= 11 is -1.36. The maximum atomic E-state index is 2.42. The zero-order chi connectivity index (χ0) is 20.9. The third-order valence-corrected chi connectivity index (χ3v) is 20.4. The van der Waals surface area contributed by atoms with Gasteiger partial charge in [0.05, 0.1) is 0 Å². The average Bonchev–Trinajstić information content (AvgIpc) is 2.00. The minimum atomic E-state index is -1.36. The van der Waals surface area contributed by atoms with Crippen molar-refractivity contribution in [2.24, 2.45) is 16.2 Å². The van der Waals surface area contributed by atoms with Crippen molar-refractivity contribution >= 4 is 30.0 Å². The molecular weight excluding hydrogens is 422 g/mol. The summed E-state index contributed by atoms with van der Waals surface area (Å²) in [4.78, 5) is 0. The Morgan fingerprint density at radius 2 is 0.640 bits per heavy atom. The first-order chi connectivity index (χ1) is 10.5. The standard InChI is InChI=1S/C8H19P.3C5H11.In/c1-7(2,3)9-8(4,5)6;3*1-5(2,3)4;/h9H,1-6H3;3*1H2,2-4H3;. The summed E-state index contributed by atoms with van der Waals surface area (Å²) in [5.74, 6) is 0. The molecule has 0 aromatic heterocycles. The Balaban J connectivity index is 0. The van der Waals surface area contributed by atoms with Gasteiger partial charge in [0.1, 0.15) is 0 Å². The van der Waals surface area contributed by atoms with E-state index in [9.17, 15) is 0 Å². The SMILES string of the molecule is CC(C)(C)PC(C)(C)C.CC(C)(C)[CH2][In]([CH2]C(C)(C)C)[CH2]C(C)(C)C. The van der Waals surface area contributed by atoms with Gasteiger partial charge in [0.15, 0.2) is 0 Å². The van der Waals surface area contributed by atoms with Crippen LogP contribution in [0.5, 0.6) is 0 Å². The zero-order valence-corrected chi connectivity index (χ0v) is 25.0. The molecule has 0 aliphatic carbocycles. The Kier molecular flexibility index (Phi) is 11.6. The Labute approximate surface area is 172 Å². The Bertz CT molecular complexity index is 300. The molecule has 0 saturated carbocycles. The molecule has 0 spiro atoms. The van der Waals surface area contributed by atoms with Crippen molar-refractivity contribution in [3.63, 3.8) is 0 Å². The molecule has 2 heteroatoms. The monoisotopic (exact) mass is 474 g/mol. The van der Waals surface area contributed by atoms with Crippen LogP contribution in [0.2, 0.25) is 12.5 Å². The molecular formula is C23H52InP. The number of rotatable bonds is 3. The predicted octanol–water partition coefficient (Wildman–Crippen LogP) is 8.88. The van der Waals surface area contributed by atoms with E-state index in [0.717, 1.165) is 8.58 Å². The van der Waals surface area contributed by atoms with E-state index < -0.39 is 21.4 Å². The summed E-state index contributed by atoms with van der Waals surface area (Å²) in [5, 5.41) is 1.02. The molecule has 0 bridgehead atoms. The third-order valence-electron chi connectivity index (χ3n) is 3.45. The van der Waals surface area contributed by atoms with Gasteiger partial charge in [-0.05, 0) is 10.3 Å². The molecule has 0 unspecified atom stereocenters. The molecule has 0 rings (SSSR count). The summed E-state index contributed by atoms with van der Waals surface area (Å²) in [6.45, 7) is 35.6. The van der Waals surface area contributed by atoms with E-state index in [0.29, 0.717) is 26.6 Å². The molecule has 152 valence electrons. The van der Waals surface area contributed by atoms with E-state index in [1.807, 2.05) is 0 Å². The molecule has 0 N–H and O–H groups in total. The van der Waals surface area contributed by atoms with Crippen LogP contribution < -0.4 is 0 Å². The first-order valence-corrected chi connectivity index (χ1v) is 18.3. The van der Waals surface area contributed by atoms with E-state index in [-0.39, 0.29) is 0 Å². The van der Waals surface area contributed by atoms with E-state index in [2.05, 4.69) is 104 Å². The molecule has 0 heterocycles. The quantitative estimate of drug-likeness (QED) is 0.358. The fourth-order valence-corrected chi connectivity index (χ4v) is 22.3. The van der Waals surface area contributed by atoms with Crippen LogP contribution in [0.25, 0.3) is 0 Å². The van der Waals surface area contributed by atoms with Crippen LogP contribution in [-0.2, 0) is 0 Å². The van der Waals surface area contributed by atoms with E-state index in [4.69, 9.17) is 0 Å². The molecule has 25 heavy (non-hydrogen) atoms. The first-order valence-electron chi connectivity index (χ1n) is 10.3. The number of hydrogen-bond donors (Lipinski definition) is 0. The van der Waals surface area contributed by atoms with Crippen molar-refractivity contribution < 1.29 is 0 Å². The van der Waals surface area contributed by atoms with Gasteiger partial charge >= 0.3 is 113 Å². The second kappa shape index (κ2) is 10.2. The van der Waals surface area contributed by atoms with Gasteiger partial charge < -0.3 is 0 Å². The van der Waals surface area contributed by atoms with Gasteiger partial charge in [0, 0.05) is 0 Å². The minimum absolute atomic E-state index is 0.512. The van der Waals surface area contributed by atoms with Crippen LogP contribution in [0.1, 0.15) is 104 Å². The van der Waals surface area contributed by atoms with Gasteiger partial charge in [-0.2, -0.15) is 0 Å². The zero-order valence-electron chi connectivity index (χ0n) is 20.7. The molecule has 0 aromatic rings. The maximum absolute atomic E-state index is 2.42. The van der Waals surface area contributed by atoms with Crippen molar-refractivity contribution in [1.29, 1.82) is 0 Å². The fraction of sp³-hybridized carbons (Fsp3) is 1.00. The van der Waals surface area contributed by atoms with Gasteiger partial charge in [-0.25, -0.2) is 0 Å². The van der Waals surface area contributed by atoms with E-state index in [1.165, 1.54) is 0 Å². The van der Waals surface area contributed by atoms with Crippen LogP contribution in [0.3, 0.4) is 0 Å². The first kappa shape index (κ1) is 28.5. The van der Waals surface area contributed by atoms with E-state index >= 15 is 0 Å². The molecule has 0 aromatic carbocycles. The summed E-state index contributed by atoms with van der Waals surface area (Å²) < 4.78 is 4.68. The van der Waals surface area contributed by atoms with Gasteiger partial charge in [-0.3, -0.25) is 0 Å². The molecule has 0 aliphatic heterocycles. The summed E-state index contributed by atoms with van der Waals surface area (Å²) in [7, 11) is 1.05. The fourth-order valence-electron chi connectivity index (χ4n) is 3.94. The van der Waals surface area contributed by atoms with Gasteiger partial charge in [-0.1, -0.05) is 41.5 Å². The van der Waals surface area contributed by atoms with Crippen LogP contribution in [0.4, 0.5) is 0 Å². The van der Waals surface area contributed by atoms with Gasteiger partial charge in [0.25, 0.3) is 0 Å². The normalized spacial score (nSPS) is 14.0. The summed E-state index contributed by atoms with van der Waals surface area (Å²) in [5.41, 5.74) is 1.66. The summed E-state index contributed by atoms with van der Waals surface area (Å²) in [6, 6.07) is 0.